The van der Waals surface area contributed by atoms with Crippen molar-refractivity contribution in [1.29, 1.82) is 5.26 Å². The smallest absolute Gasteiger partial charge is 0.229 e. The van der Waals surface area contributed by atoms with Crippen molar-refractivity contribution in [2.45, 2.75) is 57.4 Å². The summed E-state index contributed by atoms with van der Waals surface area (Å²) in [6.07, 6.45) is 5.34. The van der Waals surface area contributed by atoms with Crippen molar-refractivity contribution >= 4 is 11.8 Å². The highest BCUT2D eigenvalue weighted by molar-refractivity contribution is 6.01. The van der Waals surface area contributed by atoms with Crippen molar-refractivity contribution in [3.8, 4) is 6.07 Å². The van der Waals surface area contributed by atoms with E-state index in [2.05, 4.69) is 18.3 Å². The molecule has 2 rings (SSSR count). The number of hydrogen-bond donors (Lipinski definition) is 1. The standard InChI is InChI=1S/C15H23N3O2/c1-2-9-17-15(11-16)8-3-4-12(15)7-10-18-13(19)5-6-14(18)20/h12,17H,2-10H2,1H3. The zero-order valence-electron chi connectivity index (χ0n) is 12.2. The van der Waals surface area contributed by atoms with Gasteiger partial charge in [-0.2, -0.15) is 5.26 Å². The van der Waals surface area contributed by atoms with E-state index in [1.54, 1.807) is 0 Å². The summed E-state index contributed by atoms with van der Waals surface area (Å²) < 4.78 is 0. The number of carbonyl (C=O) groups excluding carboxylic acids is 2. The lowest BCUT2D eigenvalue weighted by Crippen LogP contribution is -2.48. The van der Waals surface area contributed by atoms with Gasteiger partial charge in [0.05, 0.1) is 6.07 Å². The topological polar surface area (TPSA) is 73.2 Å². The number of hydrogen-bond acceptors (Lipinski definition) is 4. The Kier molecular flexibility index (Phi) is 4.77. The molecular weight excluding hydrogens is 254 g/mol. The van der Waals surface area contributed by atoms with E-state index in [4.69, 9.17) is 0 Å². The lowest BCUT2D eigenvalue weighted by atomic mass is 9.85. The zero-order valence-corrected chi connectivity index (χ0v) is 12.2. The summed E-state index contributed by atoms with van der Waals surface area (Å²) in [6, 6.07) is 2.46. The van der Waals surface area contributed by atoms with Crippen molar-refractivity contribution in [1.82, 2.24) is 10.2 Å². The molecule has 2 atom stereocenters. The average Bonchev–Trinajstić information content (AvgIpc) is 2.99. The fourth-order valence-corrected chi connectivity index (χ4v) is 3.39. The van der Waals surface area contributed by atoms with Crippen LogP contribution in [0.2, 0.25) is 0 Å². The molecule has 1 saturated heterocycles. The predicted molar refractivity (Wildman–Crippen MR) is 74.5 cm³/mol. The summed E-state index contributed by atoms with van der Waals surface area (Å²) in [6.45, 7) is 3.40. The van der Waals surface area contributed by atoms with E-state index in [9.17, 15) is 14.9 Å². The zero-order chi connectivity index (χ0) is 14.6. The van der Waals surface area contributed by atoms with E-state index in [1.807, 2.05) is 0 Å². The van der Waals surface area contributed by atoms with Crippen molar-refractivity contribution in [3.63, 3.8) is 0 Å². The Morgan fingerprint density at radius 2 is 2.10 bits per heavy atom. The van der Waals surface area contributed by atoms with Gasteiger partial charge in [0.1, 0.15) is 5.54 Å². The summed E-state index contributed by atoms with van der Waals surface area (Å²) in [4.78, 5) is 24.6. The van der Waals surface area contributed by atoms with Gasteiger partial charge in [-0.05, 0) is 38.1 Å². The summed E-state index contributed by atoms with van der Waals surface area (Å²) in [5.74, 6) is 0.120. The van der Waals surface area contributed by atoms with E-state index in [0.29, 0.717) is 19.4 Å². The van der Waals surface area contributed by atoms with Crippen LogP contribution in [0.5, 0.6) is 0 Å². The van der Waals surface area contributed by atoms with Gasteiger partial charge in [-0.15, -0.1) is 0 Å². The van der Waals surface area contributed by atoms with Crippen molar-refractivity contribution in [2.24, 2.45) is 5.92 Å². The van der Waals surface area contributed by atoms with Crippen molar-refractivity contribution in [2.75, 3.05) is 13.1 Å². The first-order valence-electron chi connectivity index (χ1n) is 7.62. The van der Waals surface area contributed by atoms with Gasteiger partial charge in [0.25, 0.3) is 0 Å². The molecule has 1 aliphatic carbocycles. The molecule has 110 valence electrons. The Bertz CT molecular complexity index is 413. The van der Waals surface area contributed by atoms with Gasteiger partial charge >= 0.3 is 0 Å². The van der Waals surface area contributed by atoms with Gasteiger partial charge in [0.15, 0.2) is 0 Å². The van der Waals surface area contributed by atoms with Crippen LogP contribution in [0.25, 0.3) is 0 Å². The van der Waals surface area contributed by atoms with Gasteiger partial charge in [-0.25, -0.2) is 0 Å². The molecule has 0 bridgehead atoms. The Morgan fingerprint density at radius 3 is 2.70 bits per heavy atom. The lowest BCUT2D eigenvalue weighted by Gasteiger charge is -2.30. The molecule has 0 aromatic rings. The molecule has 1 saturated carbocycles. The minimum Gasteiger partial charge on any atom is -0.299 e. The number of rotatable bonds is 6. The van der Waals surface area contributed by atoms with Crippen LogP contribution in [0.3, 0.4) is 0 Å². The molecule has 2 aliphatic rings. The average molecular weight is 277 g/mol. The molecule has 0 aromatic heterocycles. The quantitative estimate of drug-likeness (QED) is 0.748. The van der Waals surface area contributed by atoms with Crippen molar-refractivity contribution < 1.29 is 9.59 Å². The van der Waals surface area contributed by atoms with Gasteiger partial charge in [-0.1, -0.05) is 13.3 Å². The number of amides is 2. The Balaban J connectivity index is 1.95. The first kappa shape index (κ1) is 15.0. The lowest BCUT2D eigenvalue weighted by molar-refractivity contribution is -0.138. The third kappa shape index (κ3) is 2.85. The van der Waals surface area contributed by atoms with Gasteiger partial charge in [0.2, 0.25) is 11.8 Å². The van der Waals surface area contributed by atoms with Crippen LogP contribution in [0.15, 0.2) is 0 Å². The van der Waals surface area contributed by atoms with E-state index < -0.39 is 5.54 Å². The third-order valence-corrected chi connectivity index (χ3v) is 4.57. The van der Waals surface area contributed by atoms with E-state index in [1.165, 1.54) is 4.90 Å². The maximum Gasteiger partial charge on any atom is 0.229 e. The molecule has 0 spiro atoms. The van der Waals surface area contributed by atoms with Crippen LogP contribution >= 0.6 is 0 Å². The monoisotopic (exact) mass is 277 g/mol. The van der Waals surface area contributed by atoms with Crippen LogP contribution in [0, 0.1) is 17.2 Å². The van der Waals surface area contributed by atoms with E-state index in [-0.39, 0.29) is 17.7 Å². The molecule has 2 unspecified atom stereocenters. The van der Waals surface area contributed by atoms with Gasteiger partial charge in [-0.3, -0.25) is 19.8 Å². The highest BCUT2D eigenvalue weighted by Gasteiger charge is 2.43. The Morgan fingerprint density at radius 1 is 1.40 bits per heavy atom. The number of imide groups is 1. The van der Waals surface area contributed by atoms with Crippen LogP contribution in [0.1, 0.15) is 51.9 Å². The second-order valence-corrected chi connectivity index (χ2v) is 5.83. The molecule has 0 aromatic carbocycles. The van der Waals surface area contributed by atoms with Gasteiger partial charge in [0, 0.05) is 19.4 Å². The normalized spacial score (nSPS) is 30.0. The summed E-state index contributed by atoms with van der Waals surface area (Å²) in [5, 5.41) is 12.9. The fourth-order valence-electron chi connectivity index (χ4n) is 3.39. The highest BCUT2D eigenvalue weighted by Crippen LogP contribution is 2.38. The predicted octanol–water partition coefficient (Wildman–Crippen LogP) is 1.59. The van der Waals surface area contributed by atoms with Crippen LogP contribution in [-0.4, -0.2) is 35.3 Å². The Labute approximate surface area is 120 Å². The van der Waals surface area contributed by atoms with Crippen LogP contribution < -0.4 is 5.32 Å². The number of nitrogens with zero attached hydrogens (tertiary/aromatic N) is 2. The SMILES string of the molecule is CCCNC1(C#N)CCCC1CCN1C(=O)CCC1=O. The molecule has 1 heterocycles. The van der Waals surface area contributed by atoms with E-state index in [0.717, 1.165) is 38.6 Å². The summed E-state index contributed by atoms with van der Waals surface area (Å²) in [5.41, 5.74) is -0.457. The second kappa shape index (κ2) is 6.36. The molecule has 5 heteroatoms. The molecule has 20 heavy (non-hydrogen) atoms. The van der Waals surface area contributed by atoms with Gasteiger partial charge < -0.3 is 0 Å². The largest absolute Gasteiger partial charge is 0.299 e. The number of nitriles is 1. The molecule has 5 nitrogen and oxygen atoms in total. The molecule has 1 N–H and O–H groups in total. The first-order valence-corrected chi connectivity index (χ1v) is 7.62. The summed E-state index contributed by atoms with van der Waals surface area (Å²) in [7, 11) is 0. The first-order chi connectivity index (χ1) is 9.63. The number of likely N-dealkylation sites (tertiary alicyclic amines) is 1. The molecule has 1 aliphatic heterocycles. The minimum atomic E-state index is -0.457. The summed E-state index contributed by atoms with van der Waals surface area (Å²) >= 11 is 0. The highest BCUT2D eigenvalue weighted by atomic mass is 16.2. The van der Waals surface area contributed by atoms with Crippen molar-refractivity contribution in [3.05, 3.63) is 0 Å². The van der Waals surface area contributed by atoms with E-state index >= 15 is 0 Å². The molecule has 0 radical (unpaired) electrons. The third-order valence-electron chi connectivity index (χ3n) is 4.57. The Hall–Kier alpha value is -1.41. The fraction of sp³-hybridized carbons (Fsp3) is 0.800. The maximum absolute atomic E-state index is 11.6. The minimum absolute atomic E-state index is 0.0583. The molecule has 2 amide bonds. The number of carbonyl (C=O) groups is 2. The van der Waals surface area contributed by atoms with Crippen LogP contribution in [-0.2, 0) is 9.59 Å². The maximum atomic E-state index is 11.6. The van der Waals surface area contributed by atoms with Crippen LogP contribution in [0.4, 0.5) is 0 Å². The number of nitrogens with one attached hydrogen (secondary N) is 1. The second-order valence-electron chi connectivity index (χ2n) is 5.83. The molecular formula is C15H23N3O2. The molecule has 2 fully saturated rings.